The normalized spacial score (nSPS) is 10.3. The number of nitrogens with one attached hydrogen (secondary N) is 1. The molecule has 0 aromatic heterocycles. The zero-order valence-corrected chi connectivity index (χ0v) is 11.3. The minimum Gasteiger partial charge on any atom is -0.483 e. The summed E-state index contributed by atoms with van der Waals surface area (Å²) in [6, 6.07) is 5.31. The van der Waals surface area contributed by atoms with Gasteiger partial charge in [0.05, 0.1) is 0 Å². The van der Waals surface area contributed by atoms with E-state index in [9.17, 15) is 4.79 Å². The minimum atomic E-state index is -0.491. The van der Waals surface area contributed by atoms with Gasteiger partial charge >= 0.3 is 0 Å². The van der Waals surface area contributed by atoms with E-state index in [4.69, 9.17) is 22.1 Å². The highest BCUT2D eigenvalue weighted by Gasteiger charge is 2.06. The number of hydrogen-bond acceptors (Lipinski definition) is 3. The second kappa shape index (κ2) is 7.95. The van der Waals surface area contributed by atoms with Crippen molar-refractivity contribution in [1.82, 2.24) is 5.32 Å². The van der Waals surface area contributed by atoms with Crippen molar-refractivity contribution in [2.75, 3.05) is 13.2 Å². The van der Waals surface area contributed by atoms with Crippen LogP contribution in [0.4, 0.5) is 0 Å². The van der Waals surface area contributed by atoms with Crippen molar-refractivity contribution in [1.29, 1.82) is 0 Å². The number of carbonyl (C=O) groups excluding carboxylic acids is 1. The summed E-state index contributed by atoms with van der Waals surface area (Å²) in [6.45, 7) is 3.62. The van der Waals surface area contributed by atoms with E-state index in [0.717, 1.165) is 24.9 Å². The molecule has 5 heteroatoms. The summed E-state index contributed by atoms with van der Waals surface area (Å²) < 4.78 is 5.34. The maximum atomic E-state index is 10.7. The Morgan fingerprint density at radius 1 is 1.50 bits per heavy atom. The van der Waals surface area contributed by atoms with E-state index in [2.05, 4.69) is 12.2 Å². The van der Waals surface area contributed by atoms with Crippen LogP contribution in [0, 0.1) is 0 Å². The highest BCUT2D eigenvalue weighted by molar-refractivity contribution is 6.30. The van der Waals surface area contributed by atoms with Crippen molar-refractivity contribution in [3.05, 3.63) is 28.8 Å². The highest BCUT2D eigenvalue weighted by Crippen LogP contribution is 2.22. The van der Waals surface area contributed by atoms with Gasteiger partial charge in [-0.2, -0.15) is 0 Å². The van der Waals surface area contributed by atoms with Gasteiger partial charge in [-0.25, -0.2) is 0 Å². The van der Waals surface area contributed by atoms with Crippen molar-refractivity contribution in [3.63, 3.8) is 0 Å². The molecule has 0 unspecified atom stereocenters. The summed E-state index contributed by atoms with van der Waals surface area (Å²) in [5, 5.41) is 3.95. The van der Waals surface area contributed by atoms with Gasteiger partial charge in [-0.3, -0.25) is 4.79 Å². The van der Waals surface area contributed by atoms with Gasteiger partial charge in [0.15, 0.2) is 6.61 Å². The van der Waals surface area contributed by atoms with Crippen molar-refractivity contribution in [3.8, 4) is 5.75 Å². The molecule has 0 fully saturated rings. The van der Waals surface area contributed by atoms with Gasteiger partial charge in [-0.15, -0.1) is 0 Å². The van der Waals surface area contributed by atoms with Crippen LogP contribution in [0.3, 0.4) is 0 Å². The van der Waals surface area contributed by atoms with E-state index in [1.165, 1.54) is 0 Å². The van der Waals surface area contributed by atoms with Crippen LogP contribution in [0.1, 0.15) is 25.3 Å². The summed E-state index contributed by atoms with van der Waals surface area (Å²) in [4.78, 5) is 10.7. The maximum Gasteiger partial charge on any atom is 0.255 e. The summed E-state index contributed by atoms with van der Waals surface area (Å²) in [5.74, 6) is 0.150. The fraction of sp³-hybridized carbons (Fsp3) is 0.462. The topological polar surface area (TPSA) is 64.3 Å². The molecule has 0 heterocycles. The molecule has 0 aliphatic heterocycles. The quantitative estimate of drug-likeness (QED) is 0.711. The van der Waals surface area contributed by atoms with Crippen LogP contribution < -0.4 is 15.8 Å². The van der Waals surface area contributed by atoms with Crippen LogP contribution in [0.5, 0.6) is 5.75 Å². The Morgan fingerprint density at radius 3 is 2.94 bits per heavy atom. The molecule has 1 amide bonds. The smallest absolute Gasteiger partial charge is 0.255 e. The predicted octanol–water partition coefficient (Wildman–Crippen LogP) is 2.09. The van der Waals surface area contributed by atoms with E-state index in [-0.39, 0.29) is 6.61 Å². The van der Waals surface area contributed by atoms with Crippen molar-refractivity contribution < 1.29 is 9.53 Å². The number of hydrogen-bond donors (Lipinski definition) is 2. The SMILES string of the molecule is CCCCNCc1cc(Cl)ccc1OCC(N)=O. The van der Waals surface area contributed by atoms with Crippen molar-refractivity contribution in [2.45, 2.75) is 26.3 Å². The predicted molar refractivity (Wildman–Crippen MR) is 72.8 cm³/mol. The van der Waals surface area contributed by atoms with Crippen LogP contribution in [0.15, 0.2) is 18.2 Å². The second-order valence-corrected chi connectivity index (χ2v) is 4.47. The molecule has 1 aromatic carbocycles. The number of unbranched alkanes of at least 4 members (excludes halogenated alkanes) is 1. The summed E-state index contributed by atoms with van der Waals surface area (Å²) in [7, 11) is 0. The first kappa shape index (κ1) is 14.8. The Kier molecular flexibility index (Phi) is 6.54. The largest absolute Gasteiger partial charge is 0.483 e. The molecule has 0 bridgehead atoms. The molecule has 4 nitrogen and oxygen atoms in total. The summed E-state index contributed by atoms with van der Waals surface area (Å²) in [6.07, 6.45) is 2.27. The maximum absolute atomic E-state index is 10.7. The third-order valence-electron chi connectivity index (χ3n) is 2.42. The van der Waals surface area contributed by atoms with Gasteiger partial charge < -0.3 is 15.8 Å². The molecule has 3 N–H and O–H groups in total. The molecule has 100 valence electrons. The first-order valence-corrected chi connectivity index (χ1v) is 6.41. The Morgan fingerprint density at radius 2 is 2.28 bits per heavy atom. The Bertz CT molecular complexity index is 397. The molecule has 0 saturated carbocycles. The molecule has 0 aliphatic carbocycles. The fourth-order valence-electron chi connectivity index (χ4n) is 1.50. The number of nitrogens with two attached hydrogens (primary N) is 1. The second-order valence-electron chi connectivity index (χ2n) is 4.04. The molecule has 0 atom stereocenters. The average molecular weight is 271 g/mol. The third kappa shape index (κ3) is 5.38. The van der Waals surface area contributed by atoms with Gasteiger partial charge in [0.25, 0.3) is 5.91 Å². The monoisotopic (exact) mass is 270 g/mol. The van der Waals surface area contributed by atoms with Crippen LogP contribution in [-0.4, -0.2) is 19.1 Å². The van der Waals surface area contributed by atoms with E-state index >= 15 is 0 Å². The number of ether oxygens (including phenoxy) is 1. The first-order valence-electron chi connectivity index (χ1n) is 6.03. The van der Waals surface area contributed by atoms with Gasteiger partial charge in [0.2, 0.25) is 0 Å². The molecule has 18 heavy (non-hydrogen) atoms. The van der Waals surface area contributed by atoms with Gasteiger partial charge in [-0.05, 0) is 31.2 Å². The molecule has 0 saturated heterocycles. The number of benzene rings is 1. The average Bonchev–Trinajstić information content (AvgIpc) is 2.33. The van der Waals surface area contributed by atoms with E-state index in [1.807, 2.05) is 6.07 Å². The lowest BCUT2D eigenvalue weighted by atomic mass is 10.2. The molecule has 0 radical (unpaired) electrons. The van der Waals surface area contributed by atoms with Crippen LogP contribution in [0.25, 0.3) is 0 Å². The lowest BCUT2D eigenvalue weighted by Crippen LogP contribution is -2.21. The number of halogens is 1. The van der Waals surface area contributed by atoms with E-state index in [1.54, 1.807) is 12.1 Å². The molecule has 0 spiro atoms. The summed E-state index contributed by atoms with van der Waals surface area (Å²) >= 11 is 5.94. The van der Waals surface area contributed by atoms with E-state index in [0.29, 0.717) is 17.3 Å². The minimum absolute atomic E-state index is 0.121. The number of primary amides is 1. The van der Waals surface area contributed by atoms with Crippen LogP contribution >= 0.6 is 11.6 Å². The van der Waals surface area contributed by atoms with Gasteiger partial charge in [0.1, 0.15) is 5.75 Å². The molecule has 0 aliphatic rings. The van der Waals surface area contributed by atoms with Gasteiger partial charge in [-0.1, -0.05) is 24.9 Å². The standard InChI is InChI=1S/C13H19ClN2O2/c1-2-3-6-16-8-10-7-11(14)4-5-12(10)18-9-13(15)17/h4-5,7,16H,2-3,6,8-9H2,1H3,(H2,15,17). The van der Waals surface area contributed by atoms with Crippen molar-refractivity contribution >= 4 is 17.5 Å². The zero-order valence-electron chi connectivity index (χ0n) is 10.5. The lowest BCUT2D eigenvalue weighted by Gasteiger charge is -2.11. The number of carbonyl (C=O) groups is 1. The Balaban J connectivity index is 2.61. The highest BCUT2D eigenvalue weighted by atomic mass is 35.5. The molecular weight excluding hydrogens is 252 g/mol. The number of rotatable bonds is 8. The number of amides is 1. The molecule has 1 rings (SSSR count). The Hall–Kier alpha value is -1.26. The zero-order chi connectivity index (χ0) is 13.4. The van der Waals surface area contributed by atoms with Crippen molar-refractivity contribution in [2.24, 2.45) is 5.73 Å². The first-order chi connectivity index (χ1) is 8.63. The van der Waals surface area contributed by atoms with Crippen LogP contribution in [-0.2, 0) is 11.3 Å². The van der Waals surface area contributed by atoms with Gasteiger partial charge in [0, 0.05) is 17.1 Å². The molecular formula is C13H19ClN2O2. The third-order valence-corrected chi connectivity index (χ3v) is 2.65. The summed E-state index contributed by atoms with van der Waals surface area (Å²) in [5.41, 5.74) is 5.98. The Labute approximate surface area is 112 Å². The fourth-order valence-corrected chi connectivity index (χ4v) is 1.70. The molecule has 1 aromatic rings. The van der Waals surface area contributed by atoms with Crippen LogP contribution in [0.2, 0.25) is 5.02 Å². The van der Waals surface area contributed by atoms with E-state index < -0.39 is 5.91 Å². The lowest BCUT2D eigenvalue weighted by molar-refractivity contribution is -0.119.